The molecule has 3 N–H and O–H groups in total. The number of quaternary nitrogens is 1. The highest BCUT2D eigenvalue weighted by Crippen LogP contribution is 2.28. The molecular formula is C15H14F3N4O3+. The highest BCUT2D eigenvalue weighted by atomic mass is 19.4. The first-order valence-corrected chi connectivity index (χ1v) is 7.27. The Hall–Kier alpha value is -2.88. The summed E-state index contributed by atoms with van der Waals surface area (Å²) in [5.41, 5.74) is 4.49. The topological polar surface area (TPSA) is 92.2 Å². The maximum absolute atomic E-state index is 12.6. The molecule has 132 valence electrons. The van der Waals surface area contributed by atoms with Crippen molar-refractivity contribution in [1.82, 2.24) is 9.97 Å². The van der Waals surface area contributed by atoms with Gasteiger partial charge in [0.05, 0.1) is 13.1 Å². The van der Waals surface area contributed by atoms with E-state index in [1.54, 1.807) is 29.2 Å². The van der Waals surface area contributed by atoms with Crippen LogP contribution >= 0.6 is 0 Å². The van der Waals surface area contributed by atoms with Crippen LogP contribution in [0.3, 0.4) is 0 Å². The number of hydrogen-bond acceptors (Lipinski definition) is 6. The second-order valence-corrected chi connectivity index (χ2v) is 5.38. The number of benzene rings is 1. The van der Waals surface area contributed by atoms with E-state index in [9.17, 15) is 18.0 Å². The minimum absolute atomic E-state index is 0.126. The van der Waals surface area contributed by atoms with E-state index in [1.807, 2.05) is 0 Å². The summed E-state index contributed by atoms with van der Waals surface area (Å²) in [7, 11) is 0. The van der Waals surface area contributed by atoms with Gasteiger partial charge in [0, 0.05) is 18.3 Å². The second-order valence-electron chi connectivity index (χ2n) is 5.38. The van der Waals surface area contributed by atoms with Crippen molar-refractivity contribution in [2.75, 3.05) is 18.0 Å². The Labute approximate surface area is 140 Å². The quantitative estimate of drug-likeness (QED) is 0.666. The van der Waals surface area contributed by atoms with Gasteiger partial charge in [0.15, 0.2) is 0 Å². The fourth-order valence-corrected chi connectivity index (χ4v) is 2.18. The zero-order chi connectivity index (χ0) is 18.0. The third-order valence-electron chi connectivity index (χ3n) is 3.45. The average Bonchev–Trinajstić information content (AvgIpc) is 2.52. The van der Waals surface area contributed by atoms with E-state index in [-0.39, 0.29) is 18.9 Å². The van der Waals surface area contributed by atoms with Crippen molar-refractivity contribution in [2.24, 2.45) is 0 Å². The van der Waals surface area contributed by atoms with Crippen LogP contribution < -0.4 is 15.4 Å². The van der Waals surface area contributed by atoms with E-state index >= 15 is 0 Å². The number of ether oxygens (including phenoxy) is 2. The predicted molar refractivity (Wildman–Crippen MR) is 79.1 cm³/mol. The Kier molecular flexibility index (Phi) is 4.45. The van der Waals surface area contributed by atoms with E-state index in [0.29, 0.717) is 5.75 Å². The third kappa shape index (κ3) is 4.15. The van der Waals surface area contributed by atoms with Crippen molar-refractivity contribution in [3.05, 3.63) is 42.4 Å². The van der Waals surface area contributed by atoms with Gasteiger partial charge < -0.3 is 20.1 Å². The normalized spacial score (nSPS) is 14.8. The van der Waals surface area contributed by atoms with Gasteiger partial charge in [-0.2, -0.15) is 13.2 Å². The molecule has 0 atom stereocenters. The summed E-state index contributed by atoms with van der Waals surface area (Å²) in [6, 6.07) is 7.89. The van der Waals surface area contributed by atoms with E-state index in [1.165, 1.54) is 6.07 Å². The lowest BCUT2D eigenvalue weighted by Crippen LogP contribution is -2.53. The number of nitrogens with zero attached hydrogens (tertiary/aromatic N) is 3. The first-order chi connectivity index (χ1) is 11.8. The van der Waals surface area contributed by atoms with Crippen LogP contribution in [-0.4, -0.2) is 35.3 Å². The van der Waals surface area contributed by atoms with Crippen LogP contribution in [0.5, 0.6) is 5.75 Å². The molecule has 2 heterocycles. The first-order valence-electron chi connectivity index (χ1n) is 7.27. The average molecular weight is 355 g/mol. The Balaban J connectivity index is 1.51. The van der Waals surface area contributed by atoms with Gasteiger partial charge in [-0.25, -0.2) is 14.8 Å². The summed E-state index contributed by atoms with van der Waals surface area (Å²) in [5, 5.41) is 0. The zero-order valence-electron chi connectivity index (χ0n) is 12.9. The van der Waals surface area contributed by atoms with E-state index in [2.05, 4.69) is 15.7 Å². The third-order valence-corrected chi connectivity index (χ3v) is 3.45. The summed E-state index contributed by atoms with van der Waals surface area (Å²) >= 11 is 0. The molecule has 1 fully saturated rings. The Morgan fingerprint density at radius 1 is 1.20 bits per heavy atom. The number of alkyl halides is 3. The fraction of sp³-hybridized carbons (Fsp3) is 0.267. The lowest BCUT2D eigenvalue weighted by molar-refractivity contribution is -0.254. The van der Waals surface area contributed by atoms with Crippen LogP contribution in [0.1, 0.15) is 5.82 Å². The number of hydrogen-bond donors (Lipinski definition) is 1. The predicted octanol–water partition coefficient (Wildman–Crippen LogP) is 1.77. The minimum atomic E-state index is -4.61. The number of anilines is 1. The van der Waals surface area contributed by atoms with Crippen molar-refractivity contribution < 1.29 is 33.2 Å². The van der Waals surface area contributed by atoms with Crippen LogP contribution in [0.25, 0.3) is 0 Å². The van der Waals surface area contributed by atoms with Gasteiger partial charge in [-0.3, -0.25) is 0 Å². The van der Waals surface area contributed by atoms with Crippen molar-refractivity contribution in [2.45, 2.75) is 12.3 Å². The number of aromatic nitrogens is 2. The molecule has 3 rings (SSSR count). The molecule has 1 saturated heterocycles. The van der Waals surface area contributed by atoms with Crippen LogP contribution in [0.4, 0.5) is 29.5 Å². The molecule has 0 aliphatic carbocycles. The SMILES string of the molecule is [NH3+]c1ccc(OC(=O)OC2CN(c3ccnc(C(F)(F)F)n3)C2)cc1. The smallest absolute Gasteiger partial charge is 0.427 e. The maximum Gasteiger partial charge on any atom is 0.514 e. The van der Waals surface area contributed by atoms with Crippen LogP contribution in [0.2, 0.25) is 0 Å². The van der Waals surface area contributed by atoms with E-state index in [0.717, 1.165) is 11.9 Å². The molecule has 10 heteroatoms. The van der Waals surface area contributed by atoms with Crippen LogP contribution in [0, 0.1) is 0 Å². The standard InChI is InChI=1S/C15H13F3N4O3/c16-15(17,18)13-20-6-5-12(21-13)22-7-11(8-22)25-14(23)24-10-3-1-9(19)2-4-10/h1-6,11H,7-8,19H2/p+1. The van der Waals surface area contributed by atoms with Crippen molar-refractivity contribution in [3.8, 4) is 5.75 Å². The molecule has 0 radical (unpaired) electrons. The number of rotatable bonds is 3. The summed E-state index contributed by atoms with van der Waals surface area (Å²) in [4.78, 5) is 19.9. The number of carbonyl (C=O) groups is 1. The molecule has 0 spiro atoms. The lowest BCUT2D eigenvalue weighted by Gasteiger charge is -2.38. The molecule has 0 saturated carbocycles. The summed E-state index contributed by atoms with van der Waals surface area (Å²) in [6.45, 7) is 0.447. The van der Waals surface area contributed by atoms with Crippen molar-refractivity contribution in [3.63, 3.8) is 0 Å². The summed E-state index contributed by atoms with van der Waals surface area (Å²) < 4.78 is 47.9. The van der Waals surface area contributed by atoms with Gasteiger partial charge in [0.25, 0.3) is 0 Å². The fourth-order valence-electron chi connectivity index (χ4n) is 2.18. The number of carbonyl (C=O) groups excluding carboxylic acids is 1. The summed E-state index contributed by atoms with van der Waals surface area (Å²) in [5.74, 6) is -0.761. The first kappa shape index (κ1) is 17.0. The molecule has 0 bridgehead atoms. The number of halogens is 3. The minimum Gasteiger partial charge on any atom is -0.427 e. The largest absolute Gasteiger partial charge is 0.514 e. The molecule has 1 aromatic heterocycles. The molecule has 1 aliphatic rings. The maximum atomic E-state index is 12.6. The zero-order valence-corrected chi connectivity index (χ0v) is 12.9. The van der Waals surface area contributed by atoms with Gasteiger partial charge in [-0.15, -0.1) is 0 Å². The monoisotopic (exact) mass is 355 g/mol. The van der Waals surface area contributed by atoms with E-state index in [4.69, 9.17) is 9.47 Å². The van der Waals surface area contributed by atoms with Crippen LogP contribution in [0.15, 0.2) is 36.5 Å². The molecule has 0 amide bonds. The molecule has 1 aliphatic heterocycles. The molecule has 7 nitrogen and oxygen atoms in total. The van der Waals surface area contributed by atoms with E-state index < -0.39 is 24.3 Å². The highest BCUT2D eigenvalue weighted by molar-refractivity contribution is 5.64. The molecular weight excluding hydrogens is 341 g/mol. The second kappa shape index (κ2) is 6.55. The molecule has 2 aromatic rings. The highest BCUT2D eigenvalue weighted by Gasteiger charge is 2.37. The molecule has 1 aromatic carbocycles. The summed E-state index contributed by atoms with van der Waals surface area (Å²) in [6.07, 6.45) is -4.92. The molecule has 0 unspecified atom stereocenters. The van der Waals surface area contributed by atoms with Crippen molar-refractivity contribution >= 4 is 17.7 Å². The van der Waals surface area contributed by atoms with Crippen LogP contribution in [-0.2, 0) is 10.9 Å². The van der Waals surface area contributed by atoms with Gasteiger partial charge in [-0.05, 0) is 18.2 Å². The van der Waals surface area contributed by atoms with Crippen molar-refractivity contribution in [1.29, 1.82) is 0 Å². The molecule has 25 heavy (non-hydrogen) atoms. The van der Waals surface area contributed by atoms with Gasteiger partial charge in [0.2, 0.25) is 5.82 Å². The Morgan fingerprint density at radius 2 is 1.88 bits per heavy atom. The van der Waals surface area contributed by atoms with Gasteiger partial charge >= 0.3 is 12.3 Å². The Bertz CT molecular complexity index is 761. The Morgan fingerprint density at radius 3 is 2.52 bits per heavy atom. The van der Waals surface area contributed by atoms with Gasteiger partial charge in [0.1, 0.15) is 23.4 Å². The van der Waals surface area contributed by atoms with Gasteiger partial charge in [-0.1, -0.05) is 0 Å². The lowest BCUT2D eigenvalue weighted by atomic mass is 10.2.